The second-order valence-electron chi connectivity index (χ2n) is 4.96. The van der Waals surface area contributed by atoms with E-state index in [0.717, 1.165) is 0 Å². The van der Waals surface area contributed by atoms with Crippen molar-refractivity contribution < 1.29 is 14.3 Å². The highest BCUT2D eigenvalue weighted by Crippen LogP contribution is 2.12. The molecular weight excluding hydrogens is 338 g/mol. The predicted octanol–water partition coefficient (Wildman–Crippen LogP) is 2.71. The summed E-state index contributed by atoms with van der Waals surface area (Å²) in [7, 11) is 1.60. The van der Waals surface area contributed by atoms with Crippen LogP contribution in [0.1, 0.15) is 15.9 Å². The van der Waals surface area contributed by atoms with Crippen LogP contribution in [0.5, 0.6) is 5.75 Å². The number of carbonyl (C=O) groups is 1. The third kappa shape index (κ3) is 5.88. The zero-order valence-corrected chi connectivity index (χ0v) is 14.4. The van der Waals surface area contributed by atoms with Gasteiger partial charge in [-0.05, 0) is 60.7 Å². The van der Waals surface area contributed by atoms with Crippen molar-refractivity contribution in [2.75, 3.05) is 25.6 Å². The molecular formula is C18H17N3O3S. The number of amides is 1. The van der Waals surface area contributed by atoms with E-state index in [2.05, 4.69) is 10.6 Å². The summed E-state index contributed by atoms with van der Waals surface area (Å²) in [5, 5.41) is 14.4. The number of benzene rings is 2. The van der Waals surface area contributed by atoms with Crippen LogP contribution in [0.2, 0.25) is 0 Å². The van der Waals surface area contributed by atoms with E-state index in [4.69, 9.17) is 27.0 Å². The number of hydrogen-bond acceptors (Lipinski definition) is 5. The Kier molecular flexibility index (Phi) is 6.89. The van der Waals surface area contributed by atoms with E-state index in [1.807, 2.05) is 6.07 Å². The normalized spacial score (nSPS) is 9.76. The molecule has 0 fully saturated rings. The van der Waals surface area contributed by atoms with Crippen molar-refractivity contribution in [2.24, 2.45) is 0 Å². The van der Waals surface area contributed by atoms with E-state index < -0.39 is 0 Å². The largest absolute Gasteiger partial charge is 0.491 e. The Hall–Kier alpha value is -2.95. The number of nitriles is 1. The number of nitrogens with zero attached hydrogens (tertiary/aromatic N) is 1. The number of anilines is 1. The predicted molar refractivity (Wildman–Crippen MR) is 98.7 cm³/mol. The van der Waals surface area contributed by atoms with Crippen LogP contribution in [-0.4, -0.2) is 31.3 Å². The molecule has 2 N–H and O–H groups in total. The molecule has 0 aromatic heterocycles. The SMILES string of the molecule is COCCOc1ccc(C(=O)NC(=S)Nc2ccc(C#N)cc2)cc1. The summed E-state index contributed by atoms with van der Waals surface area (Å²) >= 11 is 5.12. The maximum absolute atomic E-state index is 12.2. The Bertz CT molecular complexity index is 768. The molecule has 2 aromatic rings. The fourth-order valence-electron chi connectivity index (χ4n) is 1.91. The van der Waals surface area contributed by atoms with Crippen LogP contribution in [0.15, 0.2) is 48.5 Å². The van der Waals surface area contributed by atoms with E-state index in [9.17, 15) is 4.79 Å². The Balaban J connectivity index is 1.87. The van der Waals surface area contributed by atoms with Crippen molar-refractivity contribution in [3.63, 3.8) is 0 Å². The van der Waals surface area contributed by atoms with Gasteiger partial charge in [-0.15, -0.1) is 0 Å². The zero-order valence-electron chi connectivity index (χ0n) is 13.6. The van der Waals surface area contributed by atoms with Gasteiger partial charge >= 0.3 is 0 Å². The van der Waals surface area contributed by atoms with Crippen LogP contribution < -0.4 is 15.4 Å². The van der Waals surface area contributed by atoms with Crippen molar-refractivity contribution in [1.82, 2.24) is 5.32 Å². The number of ether oxygens (including phenoxy) is 2. The van der Waals surface area contributed by atoms with Gasteiger partial charge in [0.05, 0.1) is 18.2 Å². The zero-order chi connectivity index (χ0) is 18.1. The molecule has 0 heterocycles. The fourth-order valence-corrected chi connectivity index (χ4v) is 2.12. The van der Waals surface area contributed by atoms with E-state index in [1.54, 1.807) is 55.6 Å². The highest BCUT2D eigenvalue weighted by Gasteiger charge is 2.08. The van der Waals surface area contributed by atoms with Gasteiger partial charge in [0.2, 0.25) is 0 Å². The monoisotopic (exact) mass is 355 g/mol. The highest BCUT2D eigenvalue weighted by molar-refractivity contribution is 7.80. The molecule has 0 aliphatic rings. The summed E-state index contributed by atoms with van der Waals surface area (Å²) < 4.78 is 10.3. The molecule has 2 rings (SSSR count). The molecule has 0 spiro atoms. The molecule has 0 saturated carbocycles. The molecule has 128 valence electrons. The van der Waals surface area contributed by atoms with Crippen LogP contribution >= 0.6 is 12.2 Å². The van der Waals surface area contributed by atoms with Crippen LogP contribution in [0.25, 0.3) is 0 Å². The van der Waals surface area contributed by atoms with Gasteiger partial charge in [0.1, 0.15) is 12.4 Å². The van der Waals surface area contributed by atoms with Gasteiger partial charge in [-0.3, -0.25) is 10.1 Å². The molecule has 0 radical (unpaired) electrons. The molecule has 25 heavy (non-hydrogen) atoms. The first-order valence-electron chi connectivity index (χ1n) is 7.46. The number of hydrogen-bond donors (Lipinski definition) is 2. The fraction of sp³-hybridized carbons (Fsp3) is 0.167. The topological polar surface area (TPSA) is 83.4 Å². The average Bonchev–Trinajstić information content (AvgIpc) is 2.63. The summed E-state index contributed by atoms with van der Waals surface area (Å²) in [5.41, 5.74) is 1.70. The molecule has 0 bridgehead atoms. The summed E-state index contributed by atoms with van der Waals surface area (Å²) in [6, 6.07) is 15.5. The van der Waals surface area contributed by atoms with Crippen LogP contribution in [0.3, 0.4) is 0 Å². The van der Waals surface area contributed by atoms with Gasteiger partial charge in [0.15, 0.2) is 5.11 Å². The van der Waals surface area contributed by atoms with Gasteiger partial charge in [-0.2, -0.15) is 5.26 Å². The lowest BCUT2D eigenvalue weighted by Gasteiger charge is -2.10. The summed E-state index contributed by atoms with van der Waals surface area (Å²) in [4.78, 5) is 12.2. The second-order valence-corrected chi connectivity index (χ2v) is 5.37. The minimum atomic E-state index is -0.324. The van der Waals surface area contributed by atoms with Gasteiger partial charge in [0, 0.05) is 18.4 Å². The van der Waals surface area contributed by atoms with Gasteiger partial charge in [-0.25, -0.2) is 0 Å². The molecule has 0 aliphatic heterocycles. The van der Waals surface area contributed by atoms with Crippen LogP contribution in [0, 0.1) is 11.3 Å². The van der Waals surface area contributed by atoms with Crippen molar-refractivity contribution in [3.8, 4) is 11.8 Å². The lowest BCUT2D eigenvalue weighted by atomic mass is 10.2. The maximum atomic E-state index is 12.2. The summed E-state index contributed by atoms with van der Waals surface area (Å²) in [6.45, 7) is 0.943. The number of rotatable bonds is 6. The average molecular weight is 355 g/mol. The number of thiocarbonyl (C=S) groups is 1. The van der Waals surface area contributed by atoms with Crippen molar-refractivity contribution in [2.45, 2.75) is 0 Å². The standard InChI is InChI=1S/C18H17N3O3S/c1-23-10-11-24-16-8-4-14(5-9-16)17(22)21-18(25)20-15-6-2-13(12-19)3-7-15/h2-9H,10-11H2,1H3,(H2,20,21,22,25). The molecule has 0 saturated heterocycles. The van der Waals surface area contributed by atoms with E-state index in [0.29, 0.717) is 35.8 Å². The number of nitrogens with one attached hydrogen (secondary N) is 2. The van der Waals surface area contributed by atoms with Crippen molar-refractivity contribution in [1.29, 1.82) is 5.26 Å². The molecule has 7 heteroatoms. The Morgan fingerprint density at radius 2 is 1.80 bits per heavy atom. The van der Waals surface area contributed by atoms with Crippen molar-refractivity contribution >= 4 is 28.9 Å². The molecule has 6 nitrogen and oxygen atoms in total. The van der Waals surface area contributed by atoms with Gasteiger partial charge < -0.3 is 14.8 Å². The van der Waals surface area contributed by atoms with Crippen LogP contribution in [0.4, 0.5) is 5.69 Å². The Morgan fingerprint density at radius 1 is 1.12 bits per heavy atom. The second kappa shape index (κ2) is 9.37. The van der Waals surface area contributed by atoms with E-state index in [1.165, 1.54) is 0 Å². The third-order valence-electron chi connectivity index (χ3n) is 3.17. The van der Waals surface area contributed by atoms with E-state index >= 15 is 0 Å². The first kappa shape index (κ1) is 18.4. The maximum Gasteiger partial charge on any atom is 0.257 e. The summed E-state index contributed by atoms with van der Waals surface area (Å²) in [5.74, 6) is 0.335. The summed E-state index contributed by atoms with van der Waals surface area (Å²) in [6.07, 6.45) is 0. The van der Waals surface area contributed by atoms with E-state index in [-0.39, 0.29) is 11.0 Å². The van der Waals surface area contributed by atoms with Crippen LogP contribution in [-0.2, 0) is 4.74 Å². The molecule has 1 amide bonds. The lowest BCUT2D eigenvalue weighted by Crippen LogP contribution is -2.34. The first-order valence-corrected chi connectivity index (χ1v) is 7.87. The Morgan fingerprint density at radius 3 is 2.40 bits per heavy atom. The third-order valence-corrected chi connectivity index (χ3v) is 3.38. The van der Waals surface area contributed by atoms with Gasteiger partial charge in [-0.1, -0.05) is 0 Å². The number of methoxy groups -OCH3 is 1. The lowest BCUT2D eigenvalue weighted by molar-refractivity contribution is 0.0977. The molecule has 2 aromatic carbocycles. The quantitative estimate of drug-likeness (QED) is 0.612. The minimum absolute atomic E-state index is 0.176. The van der Waals surface area contributed by atoms with Gasteiger partial charge in [0.25, 0.3) is 5.91 Å². The number of carbonyl (C=O) groups excluding carboxylic acids is 1. The van der Waals surface area contributed by atoms with Crippen molar-refractivity contribution in [3.05, 3.63) is 59.7 Å². The molecule has 0 atom stereocenters. The Labute approximate surface area is 151 Å². The minimum Gasteiger partial charge on any atom is -0.491 e. The smallest absolute Gasteiger partial charge is 0.257 e. The molecule has 0 unspecified atom stereocenters. The molecule has 0 aliphatic carbocycles. The first-order chi connectivity index (χ1) is 12.1. The highest BCUT2D eigenvalue weighted by atomic mass is 32.1.